The Morgan fingerprint density at radius 2 is 1.17 bits per heavy atom. The van der Waals surface area contributed by atoms with Gasteiger partial charge < -0.3 is 19.1 Å². The quantitative estimate of drug-likeness (QED) is 0.0380. The molecule has 0 radical (unpaired) electrons. The lowest BCUT2D eigenvalue weighted by Crippen LogP contribution is -2.20. The van der Waals surface area contributed by atoms with Gasteiger partial charge in [-0.05, 0) is 78.4 Å². The van der Waals surface area contributed by atoms with Crippen LogP contribution >= 0.6 is 0 Å². The Morgan fingerprint density at radius 3 is 1.73 bits per heavy atom. The van der Waals surface area contributed by atoms with E-state index in [1.54, 1.807) is 0 Å². The zero-order valence-corrected chi connectivity index (χ0v) is 27.1. The first-order valence-corrected chi connectivity index (χ1v) is 16.6. The lowest BCUT2D eigenvalue weighted by atomic mass is 10.0. The molecule has 0 aromatic carbocycles. The lowest BCUT2D eigenvalue weighted by molar-refractivity contribution is -0.150. The molecule has 0 rings (SSSR count). The normalized spacial score (nSPS) is 12.1. The first kappa shape index (κ1) is 39.1. The summed E-state index contributed by atoms with van der Waals surface area (Å²) >= 11 is 0. The standard InChI is InChI=1S/C34H63NO6/c1-5-6-7-8-15-20-26-33(37)40-30-22-17-12-10-14-19-25-32(41-34(38)27-23-28-35(3)4)24-18-13-9-11-16-21-29-39-31(2)36/h8,15,32H,5-7,9-14,16-30H2,1-4H3/b15-8-. The minimum Gasteiger partial charge on any atom is -0.466 e. The molecule has 0 spiro atoms. The maximum absolute atomic E-state index is 12.4. The van der Waals surface area contributed by atoms with Gasteiger partial charge >= 0.3 is 17.9 Å². The van der Waals surface area contributed by atoms with E-state index in [1.807, 2.05) is 14.1 Å². The molecule has 1 unspecified atom stereocenters. The smallest absolute Gasteiger partial charge is 0.306 e. The summed E-state index contributed by atoms with van der Waals surface area (Å²) in [5, 5.41) is 0. The van der Waals surface area contributed by atoms with Crippen molar-refractivity contribution in [2.45, 2.75) is 155 Å². The monoisotopic (exact) mass is 581 g/mol. The number of carbonyl (C=O) groups is 3. The van der Waals surface area contributed by atoms with Gasteiger partial charge in [0, 0.05) is 19.8 Å². The van der Waals surface area contributed by atoms with Crippen LogP contribution in [0.4, 0.5) is 0 Å². The van der Waals surface area contributed by atoms with E-state index in [4.69, 9.17) is 14.2 Å². The van der Waals surface area contributed by atoms with Gasteiger partial charge in [-0.1, -0.05) is 83.3 Å². The molecule has 240 valence electrons. The van der Waals surface area contributed by atoms with Crippen molar-refractivity contribution >= 4 is 17.9 Å². The molecule has 0 amide bonds. The van der Waals surface area contributed by atoms with Gasteiger partial charge in [0.15, 0.2) is 0 Å². The molecule has 0 saturated heterocycles. The molecule has 0 aromatic heterocycles. The summed E-state index contributed by atoms with van der Waals surface area (Å²) < 4.78 is 16.2. The van der Waals surface area contributed by atoms with Crippen LogP contribution in [-0.4, -0.2) is 62.8 Å². The van der Waals surface area contributed by atoms with Crippen molar-refractivity contribution in [3.63, 3.8) is 0 Å². The molecular formula is C34H63NO6. The molecule has 41 heavy (non-hydrogen) atoms. The number of esters is 3. The van der Waals surface area contributed by atoms with Crippen LogP contribution in [0.15, 0.2) is 12.2 Å². The Hall–Kier alpha value is -1.89. The molecule has 0 bridgehead atoms. The molecule has 0 aliphatic carbocycles. The van der Waals surface area contributed by atoms with E-state index in [9.17, 15) is 14.4 Å². The Bertz CT molecular complexity index is 664. The van der Waals surface area contributed by atoms with Crippen molar-refractivity contribution < 1.29 is 28.6 Å². The minimum atomic E-state index is -0.206. The highest BCUT2D eigenvalue weighted by molar-refractivity contribution is 5.69. The van der Waals surface area contributed by atoms with Gasteiger partial charge in [-0.15, -0.1) is 0 Å². The fourth-order valence-electron chi connectivity index (χ4n) is 4.64. The van der Waals surface area contributed by atoms with E-state index in [0.29, 0.717) is 26.1 Å². The predicted octanol–water partition coefficient (Wildman–Crippen LogP) is 8.33. The summed E-state index contributed by atoms with van der Waals surface area (Å²) in [6.45, 7) is 5.57. The third-order valence-electron chi connectivity index (χ3n) is 7.10. The van der Waals surface area contributed by atoms with E-state index in [2.05, 4.69) is 24.0 Å². The van der Waals surface area contributed by atoms with Crippen molar-refractivity contribution in [1.82, 2.24) is 4.90 Å². The van der Waals surface area contributed by atoms with Crippen molar-refractivity contribution in [1.29, 1.82) is 0 Å². The van der Waals surface area contributed by atoms with Crippen LogP contribution in [0, 0.1) is 0 Å². The van der Waals surface area contributed by atoms with Crippen LogP contribution in [-0.2, 0) is 28.6 Å². The number of nitrogens with zero attached hydrogens (tertiary/aromatic N) is 1. The highest BCUT2D eigenvalue weighted by Crippen LogP contribution is 2.18. The number of hydrogen-bond acceptors (Lipinski definition) is 7. The summed E-state index contributed by atoms with van der Waals surface area (Å²) in [6, 6.07) is 0. The lowest BCUT2D eigenvalue weighted by Gasteiger charge is -2.18. The van der Waals surface area contributed by atoms with E-state index < -0.39 is 0 Å². The molecule has 0 fully saturated rings. The fraction of sp³-hybridized carbons (Fsp3) is 0.853. The zero-order valence-electron chi connectivity index (χ0n) is 27.1. The highest BCUT2D eigenvalue weighted by Gasteiger charge is 2.14. The molecule has 0 heterocycles. The second kappa shape index (κ2) is 29.6. The Kier molecular flexibility index (Phi) is 28.2. The molecule has 7 nitrogen and oxygen atoms in total. The summed E-state index contributed by atoms with van der Waals surface area (Å²) in [7, 11) is 4.04. The van der Waals surface area contributed by atoms with Gasteiger partial charge in [-0.3, -0.25) is 14.4 Å². The van der Waals surface area contributed by atoms with Crippen molar-refractivity contribution in [3.8, 4) is 0 Å². The maximum atomic E-state index is 12.4. The zero-order chi connectivity index (χ0) is 30.4. The van der Waals surface area contributed by atoms with Gasteiger partial charge in [0.1, 0.15) is 6.10 Å². The molecule has 0 aliphatic rings. The van der Waals surface area contributed by atoms with Crippen LogP contribution in [0.25, 0.3) is 0 Å². The first-order valence-electron chi connectivity index (χ1n) is 16.6. The Balaban J connectivity index is 4.01. The van der Waals surface area contributed by atoms with E-state index >= 15 is 0 Å². The third kappa shape index (κ3) is 30.9. The number of hydrogen-bond donors (Lipinski definition) is 0. The molecular weight excluding hydrogens is 518 g/mol. The second-order valence-corrected chi connectivity index (χ2v) is 11.6. The summed E-state index contributed by atoms with van der Waals surface area (Å²) in [5.74, 6) is -0.363. The van der Waals surface area contributed by atoms with Gasteiger partial charge in [-0.2, -0.15) is 0 Å². The fourth-order valence-corrected chi connectivity index (χ4v) is 4.64. The van der Waals surface area contributed by atoms with Crippen molar-refractivity contribution in [2.75, 3.05) is 33.9 Å². The SMILES string of the molecule is CCCC/C=C\CCC(=O)OCCCCCCCCC(CCCCCCCCOC(C)=O)OC(=O)CCCN(C)C. The first-order chi connectivity index (χ1) is 19.8. The minimum absolute atomic E-state index is 0.0201. The molecule has 0 saturated carbocycles. The van der Waals surface area contributed by atoms with Crippen LogP contribution in [0.5, 0.6) is 0 Å². The number of ether oxygens (including phenoxy) is 3. The maximum Gasteiger partial charge on any atom is 0.306 e. The van der Waals surface area contributed by atoms with Gasteiger partial charge in [0.25, 0.3) is 0 Å². The number of allylic oxidation sites excluding steroid dienone is 2. The number of rotatable bonds is 29. The average Bonchev–Trinajstić information content (AvgIpc) is 2.92. The van der Waals surface area contributed by atoms with Crippen LogP contribution in [0.2, 0.25) is 0 Å². The van der Waals surface area contributed by atoms with Crippen molar-refractivity contribution in [2.24, 2.45) is 0 Å². The Labute approximate surface area is 252 Å². The topological polar surface area (TPSA) is 82.1 Å². The third-order valence-corrected chi connectivity index (χ3v) is 7.10. The number of unbranched alkanes of at least 4 members (excludes halogenated alkanes) is 12. The largest absolute Gasteiger partial charge is 0.466 e. The molecule has 7 heteroatoms. The molecule has 0 N–H and O–H groups in total. The van der Waals surface area contributed by atoms with Gasteiger partial charge in [0.2, 0.25) is 0 Å². The summed E-state index contributed by atoms with van der Waals surface area (Å²) in [4.78, 5) is 37.1. The average molecular weight is 582 g/mol. The molecule has 0 aromatic rings. The van der Waals surface area contributed by atoms with Crippen LogP contribution < -0.4 is 0 Å². The van der Waals surface area contributed by atoms with Crippen molar-refractivity contribution in [3.05, 3.63) is 12.2 Å². The molecule has 1 atom stereocenters. The van der Waals surface area contributed by atoms with Gasteiger partial charge in [-0.25, -0.2) is 0 Å². The van der Waals surface area contributed by atoms with Gasteiger partial charge in [0.05, 0.1) is 13.2 Å². The highest BCUT2D eigenvalue weighted by atomic mass is 16.5. The molecule has 0 aliphatic heterocycles. The number of carbonyl (C=O) groups excluding carboxylic acids is 3. The van der Waals surface area contributed by atoms with E-state index in [-0.39, 0.29) is 24.0 Å². The van der Waals surface area contributed by atoms with E-state index in [0.717, 1.165) is 116 Å². The van der Waals surface area contributed by atoms with Crippen LogP contribution in [0.1, 0.15) is 149 Å². The van der Waals surface area contributed by atoms with E-state index in [1.165, 1.54) is 19.8 Å². The van der Waals surface area contributed by atoms with Crippen LogP contribution in [0.3, 0.4) is 0 Å². The Morgan fingerprint density at radius 1 is 0.634 bits per heavy atom. The summed E-state index contributed by atoms with van der Waals surface area (Å²) in [6.07, 6.45) is 25.3. The predicted molar refractivity (Wildman–Crippen MR) is 168 cm³/mol. The second-order valence-electron chi connectivity index (χ2n) is 11.6. The summed E-state index contributed by atoms with van der Waals surface area (Å²) in [5.41, 5.74) is 0.